The molecular formula is C36H24Br2. The van der Waals surface area contributed by atoms with Gasteiger partial charge in [0.2, 0.25) is 0 Å². The molecule has 7 rings (SSSR count). The van der Waals surface area contributed by atoms with Gasteiger partial charge in [-0.2, -0.15) is 0 Å². The Hall–Kier alpha value is -3.46. The monoisotopic (exact) mass is 614 g/mol. The molecule has 0 aliphatic heterocycles. The average Bonchev–Trinajstić information content (AvgIpc) is 2.97. The standard InChI is InChI=1S/C36H24Br2/c37-36(38)34(25-16-6-2-7-17-25)31(24-14-4-1-5-15-24)32-29-22-12-10-20-27(29)28-21-11-13-23-30(28)33(32)35(36)26-18-8-3-9-19-26/h1-23,35H. The van der Waals surface area contributed by atoms with Crippen molar-refractivity contribution < 1.29 is 0 Å². The predicted octanol–water partition coefficient (Wildman–Crippen LogP) is 10.6. The van der Waals surface area contributed by atoms with E-state index in [2.05, 4.69) is 171 Å². The maximum atomic E-state index is 4.32. The summed E-state index contributed by atoms with van der Waals surface area (Å²) in [5, 5.41) is 5.14. The average molecular weight is 616 g/mol. The summed E-state index contributed by atoms with van der Waals surface area (Å²) in [6.07, 6.45) is 0. The van der Waals surface area contributed by atoms with Crippen molar-refractivity contribution in [3.63, 3.8) is 0 Å². The van der Waals surface area contributed by atoms with Crippen LogP contribution in [-0.2, 0) is 0 Å². The second-order valence-electron chi connectivity index (χ2n) is 9.83. The first kappa shape index (κ1) is 23.6. The van der Waals surface area contributed by atoms with Gasteiger partial charge >= 0.3 is 0 Å². The summed E-state index contributed by atoms with van der Waals surface area (Å²) in [6.45, 7) is 0. The highest BCUT2D eigenvalue weighted by atomic mass is 79.9. The van der Waals surface area contributed by atoms with Crippen molar-refractivity contribution >= 4 is 64.6 Å². The molecule has 0 radical (unpaired) electrons. The van der Waals surface area contributed by atoms with Crippen LogP contribution >= 0.6 is 31.9 Å². The van der Waals surface area contributed by atoms with E-state index in [0.717, 1.165) is 0 Å². The summed E-state index contributed by atoms with van der Waals surface area (Å²) in [5.74, 6) is 0.0240. The van der Waals surface area contributed by atoms with Crippen LogP contribution in [0.3, 0.4) is 0 Å². The SMILES string of the molecule is BrC1(Br)C(c2ccccc2)=C(c2ccccc2)c2c(c3ccccc3c3ccccc23)C1c1ccccc1. The molecule has 1 atom stereocenters. The molecule has 0 spiro atoms. The number of hydrogen-bond acceptors (Lipinski definition) is 0. The first-order valence-corrected chi connectivity index (χ1v) is 14.5. The lowest BCUT2D eigenvalue weighted by atomic mass is 9.69. The molecule has 0 heterocycles. The number of fused-ring (bicyclic) bond motifs is 6. The minimum absolute atomic E-state index is 0.0240. The Morgan fingerprint density at radius 2 is 0.895 bits per heavy atom. The Morgan fingerprint density at radius 3 is 1.50 bits per heavy atom. The fraction of sp³-hybridized carbons (Fsp3) is 0.0556. The molecule has 1 aliphatic carbocycles. The van der Waals surface area contributed by atoms with E-state index in [0.29, 0.717) is 0 Å². The molecule has 0 N–H and O–H groups in total. The normalized spacial score (nSPS) is 16.5. The number of halogens is 2. The molecule has 1 aliphatic rings. The zero-order valence-electron chi connectivity index (χ0n) is 20.6. The van der Waals surface area contributed by atoms with Gasteiger partial charge in [0, 0.05) is 5.92 Å². The first-order chi connectivity index (χ1) is 18.7. The number of allylic oxidation sites excluding steroid dienone is 1. The Labute approximate surface area is 239 Å². The molecule has 0 bridgehead atoms. The highest BCUT2D eigenvalue weighted by Crippen LogP contribution is 2.62. The molecule has 6 aromatic rings. The topological polar surface area (TPSA) is 0 Å². The molecule has 0 saturated carbocycles. The quantitative estimate of drug-likeness (QED) is 0.137. The van der Waals surface area contributed by atoms with Gasteiger partial charge in [0.05, 0.1) is 0 Å². The van der Waals surface area contributed by atoms with Gasteiger partial charge in [0.1, 0.15) is 3.23 Å². The molecule has 0 nitrogen and oxygen atoms in total. The van der Waals surface area contributed by atoms with E-state index in [1.54, 1.807) is 0 Å². The van der Waals surface area contributed by atoms with Gasteiger partial charge in [-0.3, -0.25) is 0 Å². The van der Waals surface area contributed by atoms with E-state index in [4.69, 9.17) is 0 Å². The van der Waals surface area contributed by atoms with Crippen molar-refractivity contribution in [1.29, 1.82) is 0 Å². The van der Waals surface area contributed by atoms with Crippen LogP contribution in [-0.4, -0.2) is 3.23 Å². The van der Waals surface area contributed by atoms with Gasteiger partial charge in [0.15, 0.2) is 0 Å². The first-order valence-electron chi connectivity index (χ1n) is 12.9. The van der Waals surface area contributed by atoms with Gasteiger partial charge in [-0.1, -0.05) is 171 Å². The summed E-state index contributed by atoms with van der Waals surface area (Å²) < 4.78 is -0.549. The highest BCUT2D eigenvalue weighted by Gasteiger charge is 2.47. The largest absolute Gasteiger partial charge is 0.117 e. The second kappa shape index (κ2) is 9.38. The molecular weight excluding hydrogens is 592 g/mol. The number of benzene rings is 6. The van der Waals surface area contributed by atoms with E-state index < -0.39 is 3.23 Å². The molecule has 1 unspecified atom stereocenters. The van der Waals surface area contributed by atoms with E-state index in [1.165, 1.54) is 60.5 Å². The van der Waals surface area contributed by atoms with Crippen LogP contribution in [0.25, 0.3) is 32.7 Å². The fourth-order valence-electron chi connectivity index (χ4n) is 6.21. The fourth-order valence-corrected chi connectivity index (χ4v) is 8.05. The van der Waals surface area contributed by atoms with Crippen molar-refractivity contribution in [2.75, 3.05) is 0 Å². The summed E-state index contributed by atoms with van der Waals surface area (Å²) in [4.78, 5) is 0. The Morgan fingerprint density at radius 1 is 0.447 bits per heavy atom. The molecule has 6 aromatic carbocycles. The minimum atomic E-state index is -0.549. The van der Waals surface area contributed by atoms with Gasteiger partial charge in [-0.15, -0.1) is 0 Å². The predicted molar refractivity (Wildman–Crippen MR) is 169 cm³/mol. The van der Waals surface area contributed by atoms with Crippen molar-refractivity contribution in [2.45, 2.75) is 9.15 Å². The van der Waals surface area contributed by atoms with Crippen LogP contribution in [0.1, 0.15) is 33.7 Å². The van der Waals surface area contributed by atoms with Gasteiger partial charge in [-0.25, -0.2) is 0 Å². The van der Waals surface area contributed by atoms with E-state index in [-0.39, 0.29) is 5.92 Å². The van der Waals surface area contributed by atoms with Crippen LogP contribution in [0.4, 0.5) is 0 Å². The summed E-state index contributed by atoms with van der Waals surface area (Å²) in [6, 6.07) is 50.3. The van der Waals surface area contributed by atoms with Crippen molar-refractivity contribution in [2.24, 2.45) is 0 Å². The lowest BCUT2D eigenvalue weighted by Gasteiger charge is -2.42. The lowest BCUT2D eigenvalue weighted by Crippen LogP contribution is -2.31. The van der Waals surface area contributed by atoms with E-state index in [9.17, 15) is 0 Å². The van der Waals surface area contributed by atoms with Gasteiger partial charge < -0.3 is 0 Å². The third-order valence-electron chi connectivity index (χ3n) is 7.72. The number of hydrogen-bond donors (Lipinski definition) is 0. The van der Waals surface area contributed by atoms with Crippen LogP contribution < -0.4 is 0 Å². The number of alkyl halides is 2. The van der Waals surface area contributed by atoms with E-state index >= 15 is 0 Å². The van der Waals surface area contributed by atoms with Crippen molar-refractivity contribution in [3.8, 4) is 0 Å². The summed E-state index contributed by atoms with van der Waals surface area (Å²) in [5.41, 5.74) is 8.83. The summed E-state index contributed by atoms with van der Waals surface area (Å²) >= 11 is 8.63. The van der Waals surface area contributed by atoms with Crippen LogP contribution in [0.5, 0.6) is 0 Å². The van der Waals surface area contributed by atoms with Crippen LogP contribution in [0.2, 0.25) is 0 Å². The molecule has 0 fully saturated rings. The molecule has 38 heavy (non-hydrogen) atoms. The van der Waals surface area contributed by atoms with E-state index in [1.807, 2.05) is 0 Å². The lowest BCUT2D eigenvalue weighted by molar-refractivity contribution is 0.833. The molecule has 182 valence electrons. The smallest absolute Gasteiger partial charge is 0.0663 e. The molecule has 0 amide bonds. The van der Waals surface area contributed by atoms with Crippen molar-refractivity contribution in [1.82, 2.24) is 0 Å². The highest BCUT2D eigenvalue weighted by molar-refractivity contribution is 9.25. The Bertz CT molecular complexity index is 1820. The van der Waals surface area contributed by atoms with Crippen molar-refractivity contribution in [3.05, 3.63) is 167 Å². The third kappa shape index (κ3) is 3.62. The maximum absolute atomic E-state index is 4.32. The van der Waals surface area contributed by atoms with Crippen LogP contribution in [0.15, 0.2) is 140 Å². The zero-order chi connectivity index (χ0) is 25.7. The zero-order valence-corrected chi connectivity index (χ0v) is 23.8. The Balaban J connectivity index is 1.77. The maximum Gasteiger partial charge on any atom is 0.117 e. The second-order valence-corrected chi connectivity index (χ2v) is 13.4. The molecule has 0 saturated heterocycles. The molecule has 0 aromatic heterocycles. The van der Waals surface area contributed by atoms with Gasteiger partial charge in [0.25, 0.3) is 0 Å². The molecule has 2 heteroatoms. The third-order valence-corrected chi connectivity index (χ3v) is 9.42. The van der Waals surface area contributed by atoms with Gasteiger partial charge in [-0.05, 0) is 60.5 Å². The minimum Gasteiger partial charge on any atom is -0.0663 e. The van der Waals surface area contributed by atoms with Crippen LogP contribution in [0, 0.1) is 0 Å². The number of rotatable bonds is 3. The Kier molecular flexibility index (Phi) is 5.83. The summed E-state index contributed by atoms with van der Waals surface area (Å²) in [7, 11) is 0.